The Morgan fingerprint density at radius 3 is 2.75 bits per heavy atom. The summed E-state index contributed by atoms with van der Waals surface area (Å²) in [6, 6.07) is 6.80. The van der Waals surface area contributed by atoms with Crippen molar-refractivity contribution in [3.63, 3.8) is 0 Å². The smallest absolute Gasteiger partial charge is 0.195 e. The summed E-state index contributed by atoms with van der Waals surface area (Å²) in [5.74, 6) is 1.06. The lowest BCUT2D eigenvalue weighted by Crippen LogP contribution is -2.11. The van der Waals surface area contributed by atoms with Gasteiger partial charge in [-0.05, 0) is 42.7 Å². The van der Waals surface area contributed by atoms with Crippen molar-refractivity contribution in [1.29, 1.82) is 0 Å². The van der Waals surface area contributed by atoms with Crippen LogP contribution < -0.4 is 9.47 Å². The molecule has 0 N–H and O–H groups in total. The molecule has 1 aromatic heterocycles. The Kier molecular flexibility index (Phi) is 4.96. The maximum absolute atomic E-state index is 12.4. The molecule has 0 amide bonds. The van der Waals surface area contributed by atoms with Gasteiger partial charge in [-0.3, -0.25) is 0 Å². The van der Waals surface area contributed by atoms with E-state index in [1.54, 1.807) is 24.4 Å². The number of fused-ring (bicyclic) bond motifs is 1. The van der Waals surface area contributed by atoms with E-state index in [1.807, 2.05) is 6.92 Å². The molecular formula is C17H18ClNO4S. The normalized spacial score (nSPS) is 14.2. The van der Waals surface area contributed by atoms with Gasteiger partial charge in [0.1, 0.15) is 0 Å². The summed E-state index contributed by atoms with van der Waals surface area (Å²) in [5.41, 5.74) is 1.71. The van der Waals surface area contributed by atoms with Crippen LogP contribution in [0.25, 0.3) is 0 Å². The van der Waals surface area contributed by atoms with E-state index in [9.17, 15) is 8.42 Å². The molecule has 0 aliphatic carbocycles. The number of hydrogen-bond acceptors (Lipinski definition) is 5. The molecule has 0 atom stereocenters. The number of aryl methyl sites for hydroxylation is 2. The van der Waals surface area contributed by atoms with Crippen molar-refractivity contribution < 1.29 is 17.9 Å². The Balaban J connectivity index is 1.78. The van der Waals surface area contributed by atoms with Gasteiger partial charge in [-0.1, -0.05) is 17.7 Å². The van der Waals surface area contributed by atoms with Crippen LogP contribution in [0.2, 0.25) is 5.02 Å². The van der Waals surface area contributed by atoms with Crippen LogP contribution in [-0.2, 0) is 16.3 Å². The van der Waals surface area contributed by atoms with Crippen molar-refractivity contribution in [3.8, 4) is 11.5 Å². The first-order valence-corrected chi connectivity index (χ1v) is 9.72. The second-order valence-electron chi connectivity index (χ2n) is 5.70. The van der Waals surface area contributed by atoms with E-state index >= 15 is 0 Å². The highest BCUT2D eigenvalue weighted by Crippen LogP contribution is 2.38. The fourth-order valence-electron chi connectivity index (χ4n) is 2.42. The summed E-state index contributed by atoms with van der Waals surface area (Å²) in [6.07, 6.45) is 2.67. The van der Waals surface area contributed by atoms with E-state index in [0.717, 1.165) is 17.5 Å². The third kappa shape index (κ3) is 3.82. The van der Waals surface area contributed by atoms with Crippen LogP contribution in [-0.4, -0.2) is 32.4 Å². The van der Waals surface area contributed by atoms with E-state index in [4.69, 9.17) is 21.1 Å². The van der Waals surface area contributed by atoms with E-state index in [0.29, 0.717) is 36.2 Å². The molecule has 0 saturated carbocycles. The Hall–Kier alpha value is -1.79. The van der Waals surface area contributed by atoms with Crippen molar-refractivity contribution in [2.45, 2.75) is 24.8 Å². The molecule has 0 unspecified atom stereocenters. The monoisotopic (exact) mass is 367 g/mol. The second kappa shape index (κ2) is 6.99. The van der Waals surface area contributed by atoms with Crippen LogP contribution in [0.5, 0.6) is 11.5 Å². The van der Waals surface area contributed by atoms with Crippen LogP contribution in [0, 0.1) is 6.92 Å². The second-order valence-corrected chi connectivity index (χ2v) is 8.16. The average molecular weight is 368 g/mol. The maximum atomic E-state index is 12.4. The Morgan fingerprint density at radius 1 is 1.21 bits per heavy atom. The summed E-state index contributed by atoms with van der Waals surface area (Å²) in [5, 5.41) is 0.531. The maximum Gasteiger partial charge on any atom is 0.195 e. The molecule has 2 aromatic rings. The van der Waals surface area contributed by atoms with Crippen LogP contribution >= 0.6 is 11.6 Å². The zero-order valence-electron chi connectivity index (χ0n) is 13.3. The predicted octanol–water partition coefficient (Wildman–Crippen LogP) is 3.22. The summed E-state index contributed by atoms with van der Waals surface area (Å²) in [7, 11) is -3.44. The van der Waals surface area contributed by atoms with Gasteiger partial charge >= 0.3 is 0 Å². The minimum absolute atomic E-state index is 0.0426. The summed E-state index contributed by atoms with van der Waals surface area (Å²) >= 11 is 6.24. The molecule has 0 bridgehead atoms. The number of ether oxygens (including phenoxy) is 2. The standard InChI is InChI=1S/C17H18ClNO4S/c1-12-3-4-16(19-11-12)24(20,21)8-5-13-9-14(18)17-15(10-13)22-6-2-7-23-17/h3-4,9-11H,2,5-8H2,1H3. The predicted molar refractivity (Wildman–Crippen MR) is 91.8 cm³/mol. The third-order valence-corrected chi connectivity index (χ3v) is 5.63. The molecule has 24 heavy (non-hydrogen) atoms. The van der Waals surface area contributed by atoms with Gasteiger partial charge in [0.25, 0.3) is 0 Å². The van der Waals surface area contributed by atoms with E-state index < -0.39 is 9.84 Å². The molecule has 1 aromatic carbocycles. The lowest BCUT2D eigenvalue weighted by Gasteiger charge is -2.11. The van der Waals surface area contributed by atoms with Gasteiger partial charge in [0.2, 0.25) is 0 Å². The lowest BCUT2D eigenvalue weighted by atomic mass is 10.1. The first kappa shape index (κ1) is 17.0. The topological polar surface area (TPSA) is 65.5 Å². The number of nitrogens with zero attached hydrogens (tertiary/aromatic N) is 1. The van der Waals surface area contributed by atoms with E-state index in [1.165, 1.54) is 6.07 Å². The molecule has 1 aliphatic rings. The highest BCUT2D eigenvalue weighted by atomic mass is 35.5. The van der Waals surface area contributed by atoms with Gasteiger partial charge in [0.15, 0.2) is 26.4 Å². The molecule has 2 heterocycles. The van der Waals surface area contributed by atoms with E-state index in [2.05, 4.69) is 4.98 Å². The molecule has 0 saturated heterocycles. The molecule has 0 fully saturated rings. The van der Waals surface area contributed by atoms with Crippen molar-refractivity contribution in [2.75, 3.05) is 19.0 Å². The average Bonchev–Trinajstić information content (AvgIpc) is 2.79. The highest BCUT2D eigenvalue weighted by molar-refractivity contribution is 7.91. The van der Waals surface area contributed by atoms with Crippen LogP contribution in [0.15, 0.2) is 35.5 Å². The Labute approximate surface area is 146 Å². The Morgan fingerprint density at radius 2 is 2.00 bits per heavy atom. The summed E-state index contributed by atoms with van der Waals surface area (Å²) < 4.78 is 36.0. The van der Waals surface area contributed by atoms with Gasteiger partial charge < -0.3 is 9.47 Å². The molecule has 128 valence electrons. The molecule has 1 aliphatic heterocycles. The molecule has 0 spiro atoms. The number of sulfone groups is 1. The number of benzene rings is 1. The van der Waals surface area contributed by atoms with Crippen molar-refractivity contribution in [2.24, 2.45) is 0 Å². The van der Waals surface area contributed by atoms with Crippen LogP contribution in [0.4, 0.5) is 0 Å². The summed E-state index contributed by atoms with van der Waals surface area (Å²) in [4.78, 5) is 4.00. The number of rotatable bonds is 4. The Bertz CT molecular complexity index is 834. The first-order valence-electron chi connectivity index (χ1n) is 7.69. The third-order valence-electron chi connectivity index (χ3n) is 3.72. The zero-order chi connectivity index (χ0) is 17.2. The first-order chi connectivity index (χ1) is 11.5. The molecular weight excluding hydrogens is 350 g/mol. The number of halogens is 1. The highest BCUT2D eigenvalue weighted by Gasteiger charge is 2.19. The van der Waals surface area contributed by atoms with Gasteiger partial charge in [0, 0.05) is 12.6 Å². The van der Waals surface area contributed by atoms with Gasteiger partial charge in [-0.25, -0.2) is 13.4 Å². The summed E-state index contributed by atoms with van der Waals surface area (Å²) in [6.45, 7) is 2.97. The zero-order valence-corrected chi connectivity index (χ0v) is 14.9. The minimum Gasteiger partial charge on any atom is -0.489 e. The molecule has 5 nitrogen and oxygen atoms in total. The fraction of sp³-hybridized carbons (Fsp3) is 0.353. The van der Waals surface area contributed by atoms with Gasteiger partial charge in [0.05, 0.1) is 24.0 Å². The number of hydrogen-bond donors (Lipinski definition) is 0. The van der Waals surface area contributed by atoms with Crippen molar-refractivity contribution in [3.05, 3.63) is 46.6 Å². The van der Waals surface area contributed by atoms with E-state index in [-0.39, 0.29) is 10.8 Å². The van der Waals surface area contributed by atoms with Crippen LogP contribution in [0.3, 0.4) is 0 Å². The lowest BCUT2D eigenvalue weighted by molar-refractivity contribution is 0.297. The van der Waals surface area contributed by atoms with Gasteiger partial charge in [-0.15, -0.1) is 0 Å². The minimum atomic E-state index is -3.44. The molecule has 3 rings (SSSR count). The van der Waals surface area contributed by atoms with Crippen molar-refractivity contribution in [1.82, 2.24) is 4.98 Å². The van der Waals surface area contributed by atoms with Crippen molar-refractivity contribution >= 4 is 21.4 Å². The SMILES string of the molecule is Cc1ccc(S(=O)(=O)CCc2cc(Cl)c3c(c2)OCCCO3)nc1. The van der Waals surface area contributed by atoms with Gasteiger partial charge in [-0.2, -0.15) is 0 Å². The quantitative estimate of drug-likeness (QED) is 0.830. The largest absolute Gasteiger partial charge is 0.489 e. The molecule has 0 radical (unpaired) electrons. The molecule has 7 heteroatoms. The number of aromatic nitrogens is 1. The number of pyridine rings is 1. The fourth-order valence-corrected chi connectivity index (χ4v) is 3.91. The van der Waals surface area contributed by atoms with Crippen LogP contribution in [0.1, 0.15) is 17.5 Å².